The number of hydrogen-bond donors (Lipinski definition) is 1. The Hall–Kier alpha value is -1.80. The predicted octanol–water partition coefficient (Wildman–Crippen LogP) is 4.60. The van der Waals surface area contributed by atoms with Gasteiger partial charge in [0.25, 0.3) is 0 Å². The van der Waals surface area contributed by atoms with E-state index in [1.54, 1.807) is 0 Å². The lowest BCUT2D eigenvalue weighted by molar-refractivity contribution is 0.477. The maximum Gasteiger partial charge on any atom is 0.130 e. The van der Waals surface area contributed by atoms with Gasteiger partial charge in [0.1, 0.15) is 11.5 Å². The highest BCUT2D eigenvalue weighted by molar-refractivity contribution is 5.40. The fraction of sp³-hybridized carbons (Fsp3) is 0.368. The first kappa shape index (κ1) is 14.2. The summed E-state index contributed by atoms with van der Waals surface area (Å²) in [5.74, 6) is 1.86. The topological polar surface area (TPSA) is 21.3 Å². The lowest BCUT2D eigenvalue weighted by Crippen LogP contribution is -2.15. The molecule has 1 aliphatic rings. The Balaban J connectivity index is 1.71. The van der Waals surface area contributed by atoms with Crippen LogP contribution < -0.4 is 10.1 Å². The number of benzene rings is 2. The van der Waals surface area contributed by atoms with Gasteiger partial charge in [-0.25, -0.2) is 0 Å². The monoisotopic (exact) mass is 281 g/mol. The van der Waals surface area contributed by atoms with Gasteiger partial charge in [-0.05, 0) is 61.1 Å². The predicted molar refractivity (Wildman–Crippen MR) is 86.9 cm³/mol. The fourth-order valence-electron chi connectivity index (χ4n) is 2.33. The molecule has 1 N–H and O–H groups in total. The Labute approximate surface area is 127 Å². The molecule has 2 aromatic carbocycles. The number of aryl methyl sites for hydroxylation is 2. The van der Waals surface area contributed by atoms with E-state index >= 15 is 0 Å². The van der Waals surface area contributed by atoms with Gasteiger partial charge in [0, 0.05) is 12.6 Å². The van der Waals surface area contributed by atoms with Crippen LogP contribution in [-0.4, -0.2) is 6.04 Å². The van der Waals surface area contributed by atoms with E-state index in [0.717, 1.165) is 30.5 Å². The molecule has 0 aliphatic heterocycles. The van der Waals surface area contributed by atoms with E-state index in [1.165, 1.54) is 29.5 Å². The number of ether oxygens (including phenoxy) is 1. The molecule has 0 amide bonds. The van der Waals surface area contributed by atoms with Crippen LogP contribution in [0, 0.1) is 6.92 Å². The Morgan fingerprint density at radius 2 is 1.76 bits per heavy atom. The Kier molecular flexibility index (Phi) is 4.26. The second kappa shape index (κ2) is 6.31. The largest absolute Gasteiger partial charge is 0.457 e. The first-order chi connectivity index (χ1) is 10.2. The molecule has 3 rings (SSSR count). The molecule has 0 spiro atoms. The summed E-state index contributed by atoms with van der Waals surface area (Å²) >= 11 is 0. The van der Waals surface area contributed by atoms with Crippen LogP contribution in [0.15, 0.2) is 42.5 Å². The van der Waals surface area contributed by atoms with E-state index in [0.29, 0.717) is 0 Å². The molecule has 0 aromatic heterocycles. The van der Waals surface area contributed by atoms with Crippen molar-refractivity contribution in [1.82, 2.24) is 5.32 Å². The standard InChI is InChI=1S/C19H23NO/c1-3-15-6-10-18(11-7-15)21-19-12-16(5-4-14(19)2)13-20-17-8-9-17/h4-7,10-12,17,20H,3,8-9,13H2,1-2H3. The minimum atomic E-state index is 0.734. The number of rotatable bonds is 6. The van der Waals surface area contributed by atoms with Crippen LogP contribution in [0.3, 0.4) is 0 Å². The molecule has 0 heterocycles. The SMILES string of the molecule is CCc1ccc(Oc2cc(CNC3CC3)ccc2C)cc1. The van der Waals surface area contributed by atoms with Gasteiger partial charge in [-0.15, -0.1) is 0 Å². The van der Waals surface area contributed by atoms with Gasteiger partial charge in [-0.2, -0.15) is 0 Å². The summed E-state index contributed by atoms with van der Waals surface area (Å²) in [6.45, 7) is 5.18. The third-order valence-corrected chi connectivity index (χ3v) is 3.98. The van der Waals surface area contributed by atoms with Crippen LogP contribution >= 0.6 is 0 Å². The van der Waals surface area contributed by atoms with Crippen molar-refractivity contribution < 1.29 is 4.74 Å². The Bertz CT molecular complexity index is 599. The summed E-state index contributed by atoms with van der Waals surface area (Å²) in [4.78, 5) is 0. The highest BCUT2D eigenvalue weighted by Crippen LogP contribution is 2.27. The quantitative estimate of drug-likeness (QED) is 0.835. The van der Waals surface area contributed by atoms with Crippen molar-refractivity contribution in [1.29, 1.82) is 0 Å². The van der Waals surface area contributed by atoms with E-state index in [-0.39, 0.29) is 0 Å². The van der Waals surface area contributed by atoms with Gasteiger partial charge in [-0.1, -0.05) is 31.2 Å². The first-order valence-electron chi connectivity index (χ1n) is 7.84. The summed E-state index contributed by atoms with van der Waals surface area (Å²) in [6.07, 6.45) is 3.69. The summed E-state index contributed by atoms with van der Waals surface area (Å²) < 4.78 is 6.04. The molecule has 0 atom stereocenters. The molecule has 0 bridgehead atoms. The molecule has 0 unspecified atom stereocenters. The second-order valence-corrected chi connectivity index (χ2v) is 5.85. The van der Waals surface area contributed by atoms with Crippen LogP contribution in [-0.2, 0) is 13.0 Å². The van der Waals surface area contributed by atoms with Gasteiger partial charge >= 0.3 is 0 Å². The molecule has 0 saturated heterocycles. The van der Waals surface area contributed by atoms with Gasteiger partial charge in [-0.3, -0.25) is 0 Å². The van der Waals surface area contributed by atoms with Gasteiger partial charge in [0.2, 0.25) is 0 Å². The summed E-state index contributed by atoms with van der Waals surface area (Å²) in [6, 6.07) is 15.6. The molecule has 1 aliphatic carbocycles. The zero-order valence-electron chi connectivity index (χ0n) is 12.9. The average Bonchev–Trinajstić information content (AvgIpc) is 3.33. The van der Waals surface area contributed by atoms with Gasteiger partial charge < -0.3 is 10.1 Å². The molecule has 21 heavy (non-hydrogen) atoms. The number of nitrogens with one attached hydrogen (secondary N) is 1. The van der Waals surface area contributed by atoms with Crippen molar-refractivity contribution in [2.24, 2.45) is 0 Å². The molecule has 1 saturated carbocycles. The van der Waals surface area contributed by atoms with Crippen LogP contribution in [0.1, 0.15) is 36.5 Å². The number of hydrogen-bond acceptors (Lipinski definition) is 2. The smallest absolute Gasteiger partial charge is 0.130 e. The maximum absolute atomic E-state index is 6.04. The Morgan fingerprint density at radius 3 is 2.43 bits per heavy atom. The van der Waals surface area contributed by atoms with Crippen molar-refractivity contribution >= 4 is 0 Å². The zero-order chi connectivity index (χ0) is 14.7. The van der Waals surface area contributed by atoms with E-state index in [2.05, 4.69) is 49.5 Å². The van der Waals surface area contributed by atoms with Gasteiger partial charge in [0.15, 0.2) is 0 Å². The maximum atomic E-state index is 6.04. The first-order valence-corrected chi connectivity index (χ1v) is 7.84. The highest BCUT2D eigenvalue weighted by Gasteiger charge is 2.20. The molecular weight excluding hydrogens is 258 g/mol. The van der Waals surface area contributed by atoms with Crippen molar-refractivity contribution in [3.8, 4) is 11.5 Å². The van der Waals surface area contributed by atoms with E-state index in [1.807, 2.05) is 12.1 Å². The van der Waals surface area contributed by atoms with Crippen molar-refractivity contribution in [2.45, 2.75) is 45.7 Å². The summed E-state index contributed by atoms with van der Waals surface area (Å²) in [7, 11) is 0. The van der Waals surface area contributed by atoms with Crippen LogP contribution in [0.2, 0.25) is 0 Å². The van der Waals surface area contributed by atoms with Crippen molar-refractivity contribution in [2.75, 3.05) is 0 Å². The van der Waals surface area contributed by atoms with Crippen LogP contribution in [0.4, 0.5) is 0 Å². The van der Waals surface area contributed by atoms with Gasteiger partial charge in [0.05, 0.1) is 0 Å². The second-order valence-electron chi connectivity index (χ2n) is 5.85. The minimum Gasteiger partial charge on any atom is -0.457 e. The molecule has 1 fully saturated rings. The highest BCUT2D eigenvalue weighted by atomic mass is 16.5. The van der Waals surface area contributed by atoms with Crippen LogP contribution in [0.5, 0.6) is 11.5 Å². The fourth-order valence-corrected chi connectivity index (χ4v) is 2.33. The summed E-state index contributed by atoms with van der Waals surface area (Å²) in [5.41, 5.74) is 3.79. The molecule has 2 nitrogen and oxygen atoms in total. The minimum absolute atomic E-state index is 0.734. The molecule has 2 heteroatoms. The Morgan fingerprint density at radius 1 is 1.05 bits per heavy atom. The molecule has 2 aromatic rings. The van der Waals surface area contributed by atoms with E-state index in [9.17, 15) is 0 Å². The molecule has 110 valence electrons. The summed E-state index contributed by atoms with van der Waals surface area (Å²) in [5, 5.41) is 3.54. The normalized spacial score (nSPS) is 14.2. The lowest BCUT2D eigenvalue weighted by atomic mass is 10.1. The molecule has 0 radical (unpaired) electrons. The van der Waals surface area contributed by atoms with Crippen molar-refractivity contribution in [3.63, 3.8) is 0 Å². The third kappa shape index (κ3) is 3.85. The zero-order valence-corrected chi connectivity index (χ0v) is 12.9. The lowest BCUT2D eigenvalue weighted by Gasteiger charge is -2.11. The average molecular weight is 281 g/mol. The van der Waals surface area contributed by atoms with E-state index < -0.39 is 0 Å². The van der Waals surface area contributed by atoms with E-state index in [4.69, 9.17) is 4.74 Å². The molecular formula is C19H23NO. The third-order valence-electron chi connectivity index (χ3n) is 3.98. The van der Waals surface area contributed by atoms with Crippen molar-refractivity contribution in [3.05, 3.63) is 59.2 Å². The van der Waals surface area contributed by atoms with Crippen LogP contribution in [0.25, 0.3) is 0 Å².